The van der Waals surface area contributed by atoms with Gasteiger partial charge in [0.1, 0.15) is 10.8 Å². The Labute approximate surface area is 210 Å². The number of thiophene rings is 1. The summed E-state index contributed by atoms with van der Waals surface area (Å²) in [6, 6.07) is 9.64. The highest BCUT2D eigenvalue weighted by Gasteiger charge is 2.28. The molecule has 0 saturated heterocycles. The van der Waals surface area contributed by atoms with Crippen molar-refractivity contribution in [2.45, 2.75) is 71.9 Å². The van der Waals surface area contributed by atoms with E-state index in [1.54, 1.807) is 16.9 Å². The minimum atomic E-state index is -0.363. The van der Waals surface area contributed by atoms with Crippen molar-refractivity contribution in [3.63, 3.8) is 0 Å². The molecule has 1 amide bonds. The molecule has 0 spiro atoms. The summed E-state index contributed by atoms with van der Waals surface area (Å²) in [6.45, 7) is 9.01. The van der Waals surface area contributed by atoms with Gasteiger partial charge in [-0.15, -0.1) is 11.3 Å². The maximum atomic E-state index is 13.0. The van der Waals surface area contributed by atoms with Crippen LogP contribution in [0.3, 0.4) is 0 Å². The minimum Gasteiger partial charge on any atom is -0.471 e. The summed E-state index contributed by atoms with van der Waals surface area (Å²) in [5, 5.41) is 7.81. The molecule has 3 aromatic rings. The predicted octanol–water partition coefficient (Wildman–Crippen LogP) is 5.98. The Bertz CT molecular complexity index is 1190. The average Bonchev–Trinajstić information content (AvgIpc) is 3.45. The van der Waals surface area contributed by atoms with Crippen molar-refractivity contribution < 1.29 is 19.1 Å². The number of hydrogen-bond acceptors (Lipinski definition) is 6. The van der Waals surface area contributed by atoms with Crippen molar-refractivity contribution >= 4 is 28.2 Å². The van der Waals surface area contributed by atoms with Crippen molar-refractivity contribution in [2.24, 2.45) is 0 Å². The molecule has 1 aliphatic rings. The number of aryl methyl sites for hydroxylation is 1. The number of esters is 1. The fraction of sp³-hybridized carbons (Fsp3) is 0.444. The molecule has 7 nitrogen and oxygen atoms in total. The van der Waals surface area contributed by atoms with Crippen molar-refractivity contribution in [3.8, 4) is 5.75 Å². The standard InChI is InChI=1S/C27H33N3O4S/c1-5-16-33-26(32)23-20-8-6-7-9-22(20)35-25(23)28-24(31)21-14-15-30(29-21)17-34-19-12-10-18(11-13-19)27(2,3)4/h10-15H,5-9,16-17H2,1-4H3,(H,28,31). The van der Waals surface area contributed by atoms with Crippen LogP contribution in [0.4, 0.5) is 5.00 Å². The van der Waals surface area contributed by atoms with Crippen LogP contribution in [0.15, 0.2) is 36.5 Å². The summed E-state index contributed by atoms with van der Waals surface area (Å²) >= 11 is 1.47. The Hall–Kier alpha value is -3.13. The molecule has 0 fully saturated rings. The van der Waals surface area contributed by atoms with E-state index in [-0.39, 0.29) is 29.7 Å². The Morgan fingerprint density at radius 2 is 1.86 bits per heavy atom. The van der Waals surface area contributed by atoms with E-state index in [4.69, 9.17) is 9.47 Å². The number of carbonyl (C=O) groups is 2. The summed E-state index contributed by atoms with van der Waals surface area (Å²) in [7, 11) is 0. The maximum Gasteiger partial charge on any atom is 0.341 e. The van der Waals surface area contributed by atoms with Crippen molar-refractivity contribution in [1.82, 2.24) is 9.78 Å². The van der Waals surface area contributed by atoms with E-state index in [1.807, 2.05) is 19.1 Å². The third-order valence-electron chi connectivity index (χ3n) is 6.00. The number of benzene rings is 1. The zero-order valence-corrected chi connectivity index (χ0v) is 21.7. The zero-order chi connectivity index (χ0) is 25.0. The van der Waals surface area contributed by atoms with Gasteiger partial charge in [0, 0.05) is 11.1 Å². The van der Waals surface area contributed by atoms with E-state index >= 15 is 0 Å². The molecule has 0 aliphatic heterocycles. The second kappa shape index (κ2) is 10.6. The Kier molecular flexibility index (Phi) is 7.60. The van der Waals surface area contributed by atoms with E-state index in [9.17, 15) is 9.59 Å². The van der Waals surface area contributed by atoms with Gasteiger partial charge in [0.25, 0.3) is 5.91 Å². The average molecular weight is 496 g/mol. The molecule has 4 rings (SSSR count). The fourth-order valence-corrected chi connectivity index (χ4v) is 5.32. The monoisotopic (exact) mass is 495 g/mol. The van der Waals surface area contributed by atoms with Gasteiger partial charge in [-0.2, -0.15) is 5.10 Å². The maximum absolute atomic E-state index is 13.0. The minimum absolute atomic E-state index is 0.0806. The third-order valence-corrected chi connectivity index (χ3v) is 7.20. The number of ether oxygens (including phenoxy) is 2. The van der Waals surface area contributed by atoms with Crippen LogP contribution in [-0.2, 0) is 29.7 Å². The zero-order valence-electron chi connectivity index (χ0n) is 20.8. The smallest absolute Gasteiger partial charge is 0.341 e. The lowest BCUT2D eigenvalue weighted by molar-refractivity contribution is 0.0505. The second-order valence-electron chi connectivity index (χ2n) is 9.79. The molecule has 1 aromatic carbocycles. The van der Waals surface area contributed by atoms with E-state index in [0.717, 1.165) is 48.3 Å². The lowest BCUT2D eigenvalue weighted by Crippen LogP contribution is -2.17. The molecule has 35 heavy (non-hydrogen) atoms. The molecule has 8 heteroatoms. The first kappa shape index (κ1) is 25.0. The van der Waals surface area contributed by atoms with Crippen LogP contribution in [0.25, 0.3) is 0 Å². The normalized spacial score (nSPS) is 13.3. The highest BCUT2D eigenvalue weighted by molar-refractivity contribution is 7.17. The number of hydrogen-bond donors (Lipinski definition) is 1. The third kappa shape index (κ3) is 5.93. The van der Waals surface area contributed by atoms with Crippen molar-refractivity contribution in [1.29, 1.82) is 0 Å². The molecule has 2 aromatic heterocycles. The van der Waals surface area contributed by atoms with E-state index in [0.29, 0.717) is 17.2 Å². The molecular weight excluding hydrogens is 462 g/mol. The van der Waals surface area contributed by atoms with Gasteiger partial charge in [-0.25, -0.2) is 9.48 Å². The number of nitrogens with one attached hydrogen (secondary N) is 1. The van der Waals surface area contributed by atoms with Gasteiger partial charge in [-0.05, 0) is 66.8 Å². The molecular formula is C27H33N3O4S. The highest BCUT2D eigenvalue weighted by atomic mass is 32.1. The summed E-state index contributed by atoms with van der Waals surface area (Å²) in [4.78, 5) is 26.9. The second-order valence-corrected chi connectivity index (χ2v) is 10.9. The molecule has 0 unspecified atom stereocenters. The number of amides is 1. The van der Waals surface area contributed by atoms with Crippen LogP contribution in [0.1, 0.15) is 83.8 Å². The number of carbonyl (C=O) groups excluding carboxylic acids is 2. The van der Waals surface area contributed by atoms with Gasteiger partial charge in [0.2, 0.25) is 0 Å². The molecule has 0 atom stereocenters. The van der Waals surface area contributed by atoms with E-state index in [2.05, 4.69) is 43.3 Å². The Morgan fingerprint density at radius 3 is 2.57 bits per heavy atom. The van der Waals surface area contributed by atoms with Gasteiger partial charge in [0.15, 0.2) is 12.4 Å². The lowest BCUT2D eigenvalue weighted by atomic mass is 9.87. The summed E-state index contributed by atoms with van der Waals surface area (Å²) in [5.74, 6) is 0.0123. The number of aromatic nitrogens is 2. The quantitative estimate of drug-likeness (QED) is 0.389. The molecule has 0 radical (unpaired) electrons. The largest absolute Gasteiger partial charge is 0.471 e. The summed E-state index contributed by atoms with van der Waals surface area (Å²) in [5.41, 5.74) is 3.10. The molecule has 0 saturated carbocycles. The first-order valence-electron chi connectivity index (χ1n) is 12.2. The van der Waals surface area contributed by atoms with Gasteiger partial charge >= 0.3 is 5.97 Å². The molecule has 186 valence electrons. The molecule has 1 aliphatic carbocycles. The van der Waals surface area contributed by atoms with Crippen LogP contribution >= 0.6 is 11.3 Å². The summed E-state index contributed by atoms with van der Waals surface area (Å²) < 4.78 is 12.8. The molecule has 0 bridgehead atoms. The number of rotatable bonds is 8. The lowest BCUT2D eigenvalue weighted by Gasteiger charge is -2.19. The fourth-order valence-electron chi connectivity index (χ4n) is 4.05. The van der Waals surface area contributed by atoms with Gasteiger partial charge < -0.3 is 14.8 Å². The van der Waals surface area contributed by atoms with Gasteiger partial charge in [-0.1, -0.05) is 39.8 Å². The van der Waals surface area contributed by atoms with E-state index < -0.39 is 0 Å². The number of nitrogens with zero attached hydrogens (tertiary/aromatic N) is 2. The first-order chi connectivity index (χ1) is 16.8. The SMILES string of the molecule is CCCOC(=O)c1c(NC(=O)c2ccn(COc3ccc(C(C)(C)C)cc3)n2)sc2c1CCCC2. The molecule has 2 heterocycles. The van der Waals surface area contributed by atoms with Crippen LogP contribution in [0, 0.1) is 0 Å². The van der Waals surface area contributed by atoms with Crippen LogP contribution in [0.2, 0.25) is 0 Å². The summed E-state index contributed by atoms with van der Waals surface area (Å²) in [6.07, 6.45) is 6.34. The molecule has 1 N–H and O–H groups in total. The van der Waals surface area contributed by atoms with Crippen LogP contribution in [-0.4, -0.2) is 28.3 Å². The Balaban J connectivity index is 1.43. The van der Waals surface area contributed by atoms with Crippen molar-refractivity contribution in [3.05, 3.63) is 63.8 Å². The number of anilines is 1. The number of fused-ring (bicyclic) bond motifs is 1. The van der Waals surface area contributed by atoms with Crippen molar-refractivity contribution in [2.75, 3.05) is 11.9 Å². The highest BCUT2D eigenvalue weighted by Crippen LogP contribution is 2.38. The predicted molar refractivity (Wildman–Crippen MR) is 137 cm³/mol. The Morgan fingerprint density at radius 1 is 1.11 bits per heavy atom. The van der Waals surface area contributed by atoms with Gasteiger partial charge in [0.05, 0.1) is 12.2 Å². The van der Waals surface area contributed by atoms with Crippen LogP contribution in [0.5, 0.6) is 5.75 Å². The van der Waals surface area contributed by atoms with Crippen LogP contribution < -0.4 is 10.1 Å². The first-order valence-corrected chi connectivity index (χ1v) is 13.0. The topological polar surface area (TPSA) is 82.5 Å². The van der Waals surface area contributed by atoms with E-state index in [1.165, 1.54) is 16.9 Å². The van der Waals surface area contributed by atoms with Gasteiger partial charge in [-0.3, -0.25) is 4.79 Å².